The van der Waals surface area contributed by atoms with Crippen molar-refractivity contribution in [3.63, 3.8) is 0 Å². The summed E-state index contributed by atoms with van der Waals surface area (Å²) < 4.78 is 5.05. The minimum Gasteiger partial charge on any atom is -0.869 e. The standard InChI is InChI=1S/C17H16ClN5O3.Na/c1-3-19-17(25)23-14-5-4-11-16(22-14)21-12(8-20-11)9-6-10(18)15(24)13(7-9)26-2;/h4-8,24H,3H2,1-2H3,(H2,19,21,22,23,25);/q;+1/p-1. The number of benzene rings is 1. The van der Waals surface area contributed by atoms with Crippen LogP contribution in [0, 0.1) is 0 Å². The summed E-state index contributed by atoms with van der Waals surface area (Å²) in [4.78, 5) is 24.7. The summed E-state index contributed by atoms with van der Waals surface area (Å²) in [7, 11) is 1.39. The number of pyridine rings is 1. The molecule has 10 heteroatoms. The molecule has 8 nitrogen and oxygen atoms in total. The monoisotopic (exact) mass is 395 g/mol. The van der Waals surface area contributed by atoms with Crippen molar-refractivity contribution in [3.8, 4) is 22.8 Å². The Bertz CT molecular complexity index is 986. The van der Waals surface area contributed by atoms with Crippen molar-refractivity contribution in [1.82, 2.24) is 20.3 Å². The summed E-state index contributed by atoms with van der Waals surface area (Å²) in [5.74, 6) is 0.0765. The van der Waals surface area contributed by atoms with Gasteiger partial charge in [-0.05, 0) is 36.9 Å². The topological polar surface area (TPSA) is 112 Å². The van der Waals surface area contributed by atoms with Crippen LogP contribution in [-0.2, 0) is 0 Å². The smallest absolute Gasteiger partial charge is 0.869 e. The van der Waals surface area contributed by atoms with Crippen LogP contribution >= 0.6 is 11.6 Å². The maximum absolute atomic E-state index is 11.8. The number of urea groups is 1. The molecule has 0 fully saturated rings. The fraction of sp³-hybridized carbons (Fsp3) is 0.176. The summed E-state index contributed by atoms with van der Waals surface area (Å²) in [6, 6.07) is 6.03. The molecule has 27 heavy (non-hydrogen) atoms. The van der Waals surface area contributed by atoms with Gasteiger partial charge in [-0.1, -0.05) is 11.6 Å². The maximum Gasteiger partial charge on any atom is 1.00 e. The van der Waals surface area contributed by atoms with Gasteiger partial charge in [0.15, 0.2) is 5.65 Å². The summed E-state index contributed by atoms with van der Waals surface area (Å²) >= 11 is 5.97. The molecule has 0 radical (unpaired) electrons. The van der Waals surface area contributed by atoms with Gasteiger partial charge in [0.25, 0.3) is 0 Å². The molecule has 2 N–H and O–H groups in total. The van der Waals surface area contributed by atoms with E-state index in [0.29, 0.717) is 34.8 Å². The summed E-state index contributed by atoms with van der Waals surface area (Å²) in [5, 5.41) is 17.1. The number of ether oxygens (including phenoxy) is 1. The molecule has 0 atom stereocenters. The van der Waals surface area contributed by atoms with Crippen LogP contribution < -0.4 is 50.0 Å². The molecule has 1 aromatic carbocycles. The first-order chi connectivity index (χ1) is 12.5. The number of hydrogen-bond acceptors (Lipinski definition) is 6. The Hall–Kier alpha value is -2.13. The molecule has 0 aliphatic rings. The van der Waals surface area contributed by atoms with Crippen LogP contribution in [0.5, 0.6) is 11.5 Å². The van der Waals surface area contributed by atoms with Crippen LogP contribution in [0.15, 0.2) is 30.5 Å². The molecular formula is C17H15ClN5NaO3. The van der Waals surface area contributed by atoms with Crippen LogP contribution in [0.4, 0.5) is 10.6 Å². The first-order valence-electron chi connectivity index (χ1n) is 7.75. The number of nitrogens with one attached hydrogen (secondary N) is 2. The molecule has 0 bridgehead atoms. The van der Waals surface area contributed by atoms with Gasteiger partial charge in [0.1, 0.15) is 17.1 Å². The largest absolute Gasteiger partial charge is 1.00 e. The average Bonchev–Trinajstić information content (AvgIpc) is 2.63. The number of aromatic nitrogens is 3. The Labute approximate surface area is 182 Å². The Morgan fingerprint density at radius 1 is 1.30 bits per heavy atom. The zero-order valence-corrected chi connectivity index (χ0v) is 17.8. The van der Waals surface area contributed by atoms with Gasteiger partial charge in [0, 0.05) is 17.1 Å². The number of hydrogen-bond donors (Lipinski definition) is 2. The number of methoxy groups -OCH3 is 1. The van der Waals surface area contributed by atoms with Crippen molar-refractivity contribution in [3.05, 3.63) is 35.5 Å². The number of carbonyl (C=O) groups excluding carboxylic acids is 1. The molecule has 3 rings (SSSR count). The number of nitrogens with zero attached hydrogens (tertiary/aromatic N) is 3. The van der Waals surface area contributed by atoms with Gasteiger partial charge in [0.05, 0.1) is 19.0 Å². The van der Waals surface area contributed by atoms with Gasteiger partial charge in [0.2, 0.25) is 0 Å². The molecule has 0 saturated carbocycles. The van der Waals surface area contributed by atoms with Crippen LogP contribution in [0.3, 0.4) is 0 Å². The van der Waals surface area contributed by atoms with Gasteiger partial charge < -0.3 is 15.2 Å². The third-order valence-corrected chi connectivity index (χ3v) is 3.79. The van der Waals surface area contributed by atoms with Crippen molar-refractivity contribution >= 4 is 34.6 Å². The number of fused-ring (bicyclic) bond motifs is 1. The zero-order valence-electron chi connectivity index (χ0n) is 15.0. The third-order valence-electron chi connectivity index (χ3n) is 3.51. The van der Waals surface area contributed by atoms with Gasteiger partial charge in [-0.15, -0.1) is 0 Å². The maximum atomic E-state index is 11.8. The quantitative estimate of drug-likeness (QED) is 0.580. The second-order valence-corrected chi connectivity index (χ2v) is 5.68. The van der Waals surface area contributed by atoms with Crippen LogP contribution in [0.2, 0.25) is 5.02 Å². The minimum atomic E-state index is -0.391. The molecule has 2 amide bonds. The molecule has 0 unspecified atom stereocenters. The van der Waals surface area contributed by atoms with Crippen LogP contribution in [0.25, 0.3) is 22.4 Å². The van der Waals surface area contributed by atoms with Gasteiger partial charge in [-0.2, -0.15) is 0 Å². The van der Waals surface area contributed by atoms with E-state index < -0.39 is 5.75 Å². The second kappa shape index (κ2) is 9.18. The molecule has 0 saturated heterocycles. The summed E-state index contributed by atoms with van der Waals surface area (Å²) in [5.41, 5.74) is 1.96. The van der Waals surface area contributed by atoms with Crippen molar-refractivity contribution in [2.75, 3.05) is 19.0 Å². The predicted octanol–water partition coefficient (Wildman–Crippen LogP) is -0.427. The van der Waals surface area contributed by atoms with E-state index in [1.165, 1.54) is 13.2 Å². The van der Waals surface area contributed by atoms with E-state index >= 15 is 0 Å². The molecular weight excluding hydrogens is 381 g/mol. The van der Waals surface area contributed by atoms with E-state index in [9.17, 15) is 9.90 Å². The summed E-state index contributed by atoms with van der Waals surface area (Å²) in [6.45, 7) is 2.32. The SMILES string of the molecule is CCNC(=O)Nc1ccc2ncc(-c3cc(Cl)c([O-])c(OC)c3)nc2n1.[Na+]. The number of halogens is 1. The number of rotatable bonds is 4. The van der Waals surface area contributed by atoms with Gasteiger partial charge >= 0.3 is 35.6 Å². The van der Waals surface area contributed by atoms with Crippen molar-refractivity contribution in [1.29, 1.82) is 0 Å². The summed E-state index contributed by atoms with van der Waals surface area (Å²) in [6.07, 6.45) is 1.55. The second-order valence-electron chi connectivity index (χ2n) is 5.27. The van der Waals surface area contributed by atoms with Crippen LogP contribution in [0.1, 0.15) is 6.92 Å². The Morgan fingerprint density at radius 3 is 2.78 bits per heavy atom. The fourth-order valence-corrected chi connectivity index (χ4v) is 2.51. The fourth-order valence-electron chi connectivity index (χ4n) is 2.30. The van der Waals surface area contributed by atoms with E-state index in [2.05, 4.69) is 25.6 Å². The van der Waals surface area contributed by atoms with E-state index in [4.69, 9.17) is 16.3 Å². The van der Waals surface area contributed by atoms with E-state index in [0.717, 1.165) is 0 Å². The third kappa shape index (κ3) is 4.78. The normalized spacial score (nSPS) is 10.2. The average molecular weight is 396 g/mol. The van der Waals surface area contributed by atoms with E-state index in [-0.39, 0.29) is 46.4 Å². The molecule has 3 aromatic rings. The Balaban J connectivity index is 0.00000261. The molecule has 0 aliphatic heterocycles. The van der Waals surface area contributed by atoms with Crippen molar-refractivity contribution < 1.29 is 44.2 Å². The number of anilines is 1. The minimum absolute atomic E-state index is 0. The van der Waals surface area contributed by atoms with E-state index in [1.807, 2.05) is 6.92 Å². The van der Waals surface area contributed by atoms with E-state index in [1.54, 1.807) is 24.4 Å². The Morgan fingerprint density at radius 2 is 2.07 bits per heavy atom. The van der Waals surface area contributed by atoms with Crippen molar-refractivity contribution in [2.24, 2.45) is 0 Å². The molecule has 2 heterocycles. The van der Waals surface area contributed by atoms with Gasteiger partial charge in [-0.3, -0.25) is 10.3 Å². The van der Waals surface area contributed by atoms with Crippen LogP contribution in [-0.4, -0.2) is 34.6 Å². The molecule has 134 valence electrons. The zero-order chi connectivity index (χ0) is 18.7. The molecule has 0 aliphatic carbocycles. The predicted molar refractivity (Wildman–Crippen MR) is 96.5 cm³/mol. The first-order valence-corrected chi connectivity index (χ1v) is 8.13. The number of amides is 2. The number of carbonyl (C=O) groups is 1. The van der Waals surface area contributed by atoms with Gasteiger partial charge in [-0.25, -0.2) is 14.8 Å². The van der Waals surface area contributed by atoms with Crippen molar-refractivity contribution in [2.45, 2.75) is 6.92 Å². The molecule has 0 spiro atoms. The Kier molecular flexibility index (Phi) is 7.20. The molecule has 2 aromatic heterocycles. The first kappa shape index (κ1) is 21.2.